The highest BCUT2D eigenvalue weighted by atomic mass is 19.4. The highest BCUT2D eigenvalue weighted by molar-refractivity contribution is 5.95. The van der Waals surface area contributed by atoms with Gasteiger partial charge in [-0.1, -0.05) is 34.6 Å². The summed E-state index contributed by atoms with van der Waals surface area (Å²) >= 11 is 0. The Labute approximate surface area is 222 Å². The number of piperidine rings is 1. The SMILES string of the molecule is CC(C)(C)[C@H](NC(=O)C(F)(F)F)C(=O)N1C[C@H]2[C@@H]([C@H]1C(=O)NC(C#N)c1cncc3ccc[n+]([O-])c13)C2(C)C. The van der Waals surface area contributed by atoms with Crippen LogP contribution in [0.2, 0.25) is 0 Å². The van der Waals surface area contributed by atoms with Crippen LogP contribution in [0.5, 0.6) is 0 Å². The zero-order valence-electron chi connectivity index (χ0n) is 22.0. The van der Waals surface area contributed by atoms with E-state index in [-0.39, 0.29) is 34.9 Å². The Kier molecular flexibility index (Phi) is 6.73. The lowest BCUT2D eigenvalue weighted by atomic mass is 9.85. The third-order valence-corrected chi connectivity index (χ3v) is 7.82. The molecule has 5 atom stereocenters. The lowest BCUT2D eigenvalue weighted by Crippen LogP contribution is -2.60. The van der Waals surface area contributed by atoms with Crippen LogP contribution in [0.4, 0.5) is 13.2 Å². The predicted molar refractivity (Wildman–Crippen MR) is 131 cm³/mol. The molecular formula is C26H29F3N6O4. The third kappa shape index (κ3) is 4.95. The van der Waals surface area contributed by atoms with Crippen molar-refractivity contribution >= 4 is 28.6 Å². The fraction of sp³-hybridized carbons (Fsp3) is 0.538. The number of nitriles is 1. The van der Waals surface area contributed by atoms with Gasteiger partial charge in [0.2, 0.25) is 17.3 Å². The van der Waals surface area contributed by atoms with Gasteiger partial charge in [0.15, 0.2) is 6.20 Å². The van der Waals surface area contributed by atoms with Crippen LogP contribution in [0, 0.1) is 39.2 Å². The lowest BCUT2D eigenvalue weighted by molar-refractivity contribution is -0.577. The molecule has 1 aliphatic heterocycles. The summed E-state index contributed by atoms with van der Waals surface area (Å²) in [6.45, 7) is 8.50. The third-order valence-electron chi connectivity index (χ3n) is 7.82. The van der Waals surface area contributed by atoms with Crippen LogP contribution in [0.25, 0.3) is 10.9 Å². The van der Waals surface area contributed by atoms with Crippen molar-refractivity contribution in [2.45, 2.75) is 58.9 Å². The highest BCUT2D eigenvalue weighted by Crippen LogP contribution is 2.65. The topological polar surface area (TPSA) is 142 Å². The second-order valence-corrected chi connectivity index (χ2v) is 11.7. The van der Waals surface area contributed by atoms with Gasteiger partial charge < -0.3 is 20.7 Å². The second-order valence-electron chi connectivity index (χ2n) is 11.7. The molecule has 2 aromatic rings. The van der Waals surface area contributed by atoms with Gasteiger partial charge >= 0.3 is 12.1 Å². The molecule has 0 radical (unpaired) electrons. The zero-order valence-corrected chi connectivity index (χ0v) is 22.0. The summed E-state index contributed by atoms with van der Waals surface area (Å²) in [6, 6.07) is 1.17. The van der Waals surface area contributed by atoms with Crippen molar-refractivity contribution < 1.29 is 32.3 Å². The molecule has 208 valence electrons. The molecular weight excluding hydrogens is 517 g/mol. The number of nitrogens with one attached hydrogen (secondary N) is 2. The first kappa shape index (κ1) is 28.1. The van der Waals surface area contributed by atoms with Crippen molar-refractivity contribution in [3.8, 4) is 6.07 Å². The largest absolute Gasteiger partial charge is 0.618 e. The first-order chi connectivity index (χ1) is 18.0. The molecule has 0 aromatic carbocycles. The molecule has 2 fully saturated rings. The van der Waals surface area contributed by atoms with Crippen molar-refractivity contribution in [2.24, 2.45) is 22.7 Å². The normalized spacial score (nSPS) is 23.4. The molecule has 3 amide bonds. The maximum atomic E-state index is 13.7. The Hall–Kier alpha value is -3.95. The molecule has 13 heteroatoms. The Bertz CT molecular complexity index is 1380. The number of hydrogen-bond donors (Lipinski definition) is 2. The van der Waals surface area contributed by atoms with Gasteiger partial charge in [0.1, 0.15) is 18.1 Å². The van der Waals surface area contributed by atoms with Gasteiger partial charge in [-0.05, 0) is 28.7 Å². The maximum absolute atomic E-state index is 13.7. The zero-order chi connectivity index (χ0) is 29.1. The monoisotopic (exact) mass is 546 g/mol. The number of rotatable bonds is 5. The number of likely N-dealkylation sites (tertiary alicyclic amines) is 1. The standard InChI is InChI=1S/C26H29F3N6O4/c1-24(2,3)20(33-23(38)26(27,28)29)22(37)34-12-15-17(25(15,4)5)19(34)21(36)32-16(9-30)14-11-31-10-13-7-6-8-35(39)18(13)14/h6-8,10-11,15-17,19-20H,12H2,1-5H3,(H,32,36)(H,33,38)/t15-,16?,17-,19-,20+/m0/s1. The first-order valence-electron chi connectivity index (χ1n) is 12.3. The summed E-state index contributed by atoms with van der Waals surface area (Å²) in [4.78, 5) is 44.3. The molecule has 10 nitrogen and oxygen atoms in total. The van der Waals surface area contributed by atoms with Crippen LogP contribution >= 0.6 is 0 Å². The van der Waals surface area contributed by atoms with Crippen LogP contribution < -0.4 is 15.4 Å². The maximum Gasteiger partial charge on any atom is 0.471 e. The molecule has 1 aliphatic carbocycles. The molecule has 2 N–H and O–H groups in total. The Morgan fingerprint density at radius 2 is 1.90 bits per heavy atom. The van der Waals surface area contributed by atoms with Crippen molar-refractivity contribution in [3.05, 3.63) is 41.5 Å². The van der Waals surface area contributed by atoms with Crippen LogP contribution in [-0.4, -0.2) is 52.4 Å². The quantitative estimate of drug-likeness (QED) is 0.435. The summed E-state index contributed by atoms with van der Waals surface area (Å²) < 4.78 is 39.7. The molecule has 1 saturated heterocycles. The van der Waals surface area contributed by atoms with Crippen molar-refractivity contribution in [3.63, 3.8) is 0 Å². The van der Waals surface area contributed by atoms with Crippen LogP contribution in [-0.2, 0) is 14.4 Å². The Morgan fingerprint density at radius 1 is 1.23 bits per heavy atom. The van der Waals surface area contributed by atoms with E-state index < -0.39 is 47.4 Å². The van der Waals surface area contributed by atoms with Crippen LogP contribution in [0.3, 0.4) is 0 Å². The molecule has 0 bridgehead atoms. The van der Waals surface area contributed by atoms with E-state index in [1.807, 2.05) is 19.9 Å². The van der Waals surface area contributed by atoms with E-state index in [1.54, 1.807) is 11.4 Å². The number of pyridine rings is 2. The molecule has 1 unspecified atom stereocenters. The van der Waals surface area contributed by atoms with Crippen molar-refractivity contribution in [2.75, 3.05) is 6.54 Å². The Morgan fingerprint density at radius 3 is 2.49 bits per heavy atom. The molecule has 2 aliphatic rings. The number of amides is 3. The van der Waals surface area contributed by atoms with Gasteiger partial charge in [0, 0.05) is 25.0 Å². The summed E-state index contributed by atoms with van der Waals surface area (Å²) in [6.07, 6.45) is -1.20. The predicted octanol–water partition coefficient (Wildman–Crippen LogP) is 2.13. The van der Waals surface area contributed by atoms with E-state index in [0.29, 0.717) is 10.1 Å². The minimum absolute atomic E-state index is 0.0975. The van der Waals surface area contributed by atoms with E-state index in [0.717, 1.165) is 0 Å². The number of alkyl halides is 3. The van der Waals surface area contributed by atoms with Gasteiger partial charge in [-0.3, -0.25) is 19.4 Å². The number of halogens is 3. The van der Waals surface area contributed by atoms with Crippen molar-refractivity contribution in [1.29, 1.82) is 5.26 Å². The van der Waals surface area contributed by atoms with E-state index in [2.05, 4.69) is 10.3 Å². The molecule has 2 aromatic heterocycles. The highest BCUT2D eigenvalue weighted by Gasteiger charge is 2.70. The van der Waals surface area contributed by atoms with Crippen molar-refractivity contribution in [1.82, 2.24) is 20.5 Å². The van der Waals surface area contributed by atoms with Gasteiger partial charge in [-0.25, -0.2) is 0 Å². The molecule has 1 saturated carbocycles. The Balaban J connectivity index is 1.65. The van der Waals surface area contributed by atoms with Gasteiger partial charge in [-0.15, -0.1) is 0 Å². The number of hydrogen-bond acceptors (Lipinski definition) is 6. The smallest absolute Gasteiger partial charge is 0.471 e. The average Bonchev–Trinajstić information content (AvgIpc) is 3.16. The summed E-state index contributed by atoms with van der Waals surface area (Å²) in [7, 11) is 0. The van der Waals surface area contributed by atoms with Crippen LogP contribution in [0.15, 0.2) is 30.7 Å². The average molecular weight is 547 g/mol. The van der Waals surface area contributed by atoms with E-state index in [9.17, 15) is 38.0 Å². The summed E-state index contributed by atoms with van der Waals surface area (Å²) in [5.74, 6) is -4.16. The van der Waals surface area contributed by atoms with Gasteiger partial charge in [0.05, 0.1) is 17.0 Å². The first-order valence-corrected chi connectivity index (χ1v) is 12.3. The summed E-state index contributed by atoms with van der Waals surface area (Å²) in [5.41, 5.74) is -1.13. The second kappa shape index (κ2) is 9.36. The molecule has 0 spiro atoms. The molecule has 39 heavy (non-hydrogen) atoms. The van der Waals surface area contributed by atoms with Gasteiger partial charge in [0.25, 0.3) is 0 Å². The molecule has 3 heterocycles. The van der Waals surface area contributed by atoms with Gasteiger partial charge in [-0.2, -0.15) is 23.2 Å². The number of aromatic nitrogens is 2. The minimum atomic E-state index is -5.19. The molecule has 4 rings (SSSR count). The van der Waals surface area contributed by atoms with E-state index >= 15 is 0 Å². The minimum Gasteiger partial charge on any atom is -0.618 e. The van der Waals surface area contributed by atoms with Crippen LogP contribution in [0.1, 0.15) is 46.2 Å². The fourth-order valence-corrected chi connectivity index (χ4v) is 5.62. The number of fused-ring (bicyclic) bond motifs is 2. The number of carbonyl (C=O) groups excluding carboxylic acids is 3. The van der Waals surface area contributed by atoms with E-state index in [1.165, 1.54) is 50.3 Å². The lowest BCUT2D eigenvalue weighted by Gasteiger charge is -2.37. The van der Waals surface area contributed by atoms with E-state index in [4.69, 9.17) is 0 Å². The number of nitrogens with zero attached hydrogens (tertiary/aromatic N) is 4. The summed E-state index contributed by atoms with van der Waals surface area (Å²) in [5, 5.41) is 27.3. The number of carbonyl (C=O) groups is 3. The fourth-order valence-electron chi connectivity index (χ4n) is 5.62.